The molecule has 3 N–H and O–H groups in total. The summed E-state index contributed by atoms with van der Waals surface area (Å²) in [7, 11) is 0. The highest BCUT2D eigenvalue weighted by molar-refractivity contribution is 9.10. The molecule has 0 aromatic heterocycles. The molecule has 1 aliphatic heterocycles. The number of amides is 1. The first-order chi connectivity index (χ1) is 8.16. The van der Waals surface area contributed by atoms with E-state index in [1.807, 2.05) is 12.1 Å². The molecule has 1 atom stereocenters. The Kier molecular flexibility index (Phi) is 4.15. The number of nitrogens with two attached hydrogens (primary N) is 1. The SMILES string of the molecule is NC(=O)C1CNCCN1Cc1cccc(Br)c1. The van der Waals surface area contributed by atoms with Gasteiger partial charge in [0.05, 0.1) is 0 Å². The number of benzene rings is 1. The number of carbonyl (C=O) groups excluding carboxylic acids is 1. The second kappa shape index (κ2) is 5.62. The van der Waals surface area contributed by atoms with Crippen LogP contribution >= 0.6 is 15.9 Å². The molecular weight excluding hydrogens is 282 g/mol. The Morgan fingerprint density at radius 3 is 3.12 bits per heavy atom. The summed E-state index contributed by atoms with van der Waals surface area (Å²) in [5, 5.41) is 3.19. The fourth-order valence-corrected chi connectivity index (χ4v) is 2.53. The quantitative estimate of drug-likeness (QED) is 0.864. The molecule has 1 amide bonds. The average molecular weight is 298 g/mol. The second-order valence-corrected chi connectivity index (χ2v) is 5.14. The van der Waals surface area contributed by atoms with Crippen LogP contribution in [0.4, 0.5) is 0 Å². The van der Waals surface area contributed by atoms with Crippen LogP contribution in [0.1, 0.15) is 5.56 Å². The van der Waals surface area contributed by atoms with E-state index in [2.05, 4.69) is 38.3 Å². The number of rotatable bonds is 3. The Morgan fingerprint density at radius 1 is 1.59 bits per heavy atom. The zero-order valence-corrected chi connectivity index (χ0v) is 11.1. The lowest BCUT2D eigenvalue weighted by atomic mass is 10.1. The van der Waals surface area contributed by atoms with Gasteiger partial charge in [0.1, 0.15) is 6.04 Å². The summed E-state index contributed by atoms with van der Waals surface area (Å²) in [6.07, 6.45) is 0. The predicted octanol–water partition coefficient (Wildman–Crippen LogP) is 0.708. The van der Waals surface area contributed by atoms with Crippen molar-refractivity contribution >= 4 is 21.8 Å². The van der Waals surface area contributed by atoms with E-state index in [9.17, 15) is 4.79 Å². The predicted molar refractivity (Wildman–Crippen MR) is 70.4 cm³/mol. The normalized spacial score (nSPS) is 21.4. The summed E-state index contributed by atoms with van der Waals surface area (Å²) in [5.41, 5.74) is 6.60. The minimum Gasteiger partial charge on any atom is -0.368 e. The lowest BCUT2D eigenvalue weighted by Gasteiger charge is -2.34. The molecule has 1 aliphatic rings. The van der Waals surface area contributed by atoms with Crippen LogP contribution in [0.2, 0.25) is 0 Å². The van der Waals surface area contributed by atoms with Gasteiger partial charge in [-0.1, -0.05) is 28.1 Å². The standard InChI is InChI=1S/C12H16BrN3O/c13-10-3-1-2-9(6-10)8-16-5-4-15-7-11(16)12(14)17/h1-3,6,11,15H,4-5,7-8H2,(H2,14,17). The Labute approximate surface area is 109 Å². The molecule has 0 saturated carbocycles. The van der Waals surface area contributed by atoms with Crippen LogP contribution in [0.5, 0.6) is 0 Å². The van der Waals surface area contributed by atoms with Gasteiger partial charge in [0.15, 0.2) is 0 Å². The zero-order chi connectivity index (χ0) is 12.3. The highest BCUT2D eigenvalue weighted by Gasteiger charge is 2.26. The van der Waals surface area contributed by atoms with Gasteiger partial charge in [-0.15, -0.1) is 0 Å². The average Bonchev–Trinajstić information content (AvgIpc) is 2.29. The third-order valence-corrected chi connectivity index (χ3v) is 3.45. The van der Waals surface area contributed by atoms with Gasteiger partial charge < -0.3 is 11.1 Å². The minimum absolute atomic E-state index is 0.206. The van der Waals surface area contributed by atoms with Crippen LogP contribution in [0.15, 0.2) is 28.7 Å². The molecule has 4 nitrogen and oxygen atoms in total. The Morgan fingerprint density at radius 2 is 2.41 bits per heavy atom. The largest absolute Gasteiger partial charge is 0.368 e. The molecule has 1 fully saturated rings. The first kappa shape index (κ1) is 12.5. The van der Waals surface area contributed by atoms with E-state index in [1.165, 1.54) is 5.56 Å². The van der Waals surface area contributed by atoms with E-state index in [4.69, 9.17) is 5.73 Å². The van der Waals surface area contributed by atoms with Crippen molar-refractivity contribution < 1.29 is 4.79 Å². The van der Waals surface area contributed by atoms with Crippen LogP contribution in [0.3, 0.4) is 0 Å². The lowest BCUT2D eigenvalue weighted by Crippen LogP contribution is -2.56. The topological polar surface area (TPSA) is 58.4 Å². The van der Waals surface area contributed by atoms with Crippen molar-refractivity contribution in [3.8, 4) is 0 Å². The maximum absolute atomic E-state index is 11.4. The molecule has 5 heteroatoms. The first-order valence-corrected chi connectivity index (χ1v) is 6.44. The van der Waals surface area contributed by atoms with Crippen molar-refractivity contribution in [3.63, 3.8) is 0 Å². The van der Waals surface area contributed by atoms with E-state index < -0.39 is 0 Å². The summed E-state index contributed by atoms with van der Waals surface area (Å²) in [5.74, 6) is -0.257. The lowest BCUT2D eigenvalue weighted by molar-refractivity contribution is -0.124. The fraction of sp³-hybridized carbons (Fsp3) is 0.417. The van der Waals surface area contributed by atoms with Crippen molar-refractivity contribution in [2.24, 2.45) is 5.73 Å². The first-order valence-electron chi connectivity index (χ1n) is 5.65. The van der Waals surface area contributed by atoms with Crippen LogP contribution in [0, 0.1) is 0 Å². The third-order valence-electron chi connectivity index (χ3n) is 2.96. The third kappa shape index (κ3) is 3.28. The van der Waals surface area contributed by atoms with Crippen LogP contribution in [-0.2, 0) is 11.3 Å². The molecule has 1 unspecified atom stereocenters. The van der Waals surface area contributed by atoms with Crippen LogP contribution in [0.25, 0.3) is 0 Å². The van der Waals surface area contributed by atoms with Gasteiger partial charge in [-0.25, -0.2) is 0 Å². The van der Waals surface area contributed by atoms with Gasteiger partial charge in [-0.2, -0.15) is 0 Å². The number of nitrogens with zero attached hydrogens (tertiary/aromatic N) is 1. The highest BCUT2D eigenvalue weighted by Crippen LogP contribution is 2.15. The van der Waals surface area contributed by atoms with Crippen molar-refractivity contribution in [1.82, 2.24) is 10.2 Å². The van der Waals surface area contributed by atoms with Gasteiger partial charge >= 0.3 is 0 Å². The second-order valence-electron chi connectivity index (χ2n) is 4.22. The molecule has 0 radical (unpaired) electrons. The van der Waals surface area contributed by atoms with Crippen LogP contribution < -0.4 is 11.1 Å². The van der Waals surface area contributed by atoms with Crippen molar-refractivity contribution in [3.05, 3.63) is 34.3 Å². The summed E-state index contributed by atoms with van der Waals surface area (Å²) in [6.45, 7) is 3.15. The van der Waals surface area contributed by atoms with Gasteiger partial charge in [0.25, 0.3) is 0 Å². The number of carbonyl (C=O) groups is 1. The summed E-state index contributed by atoms with van der Waals surface area (Å²) < 4.78 is 1.06. The number of primary amides is 1. The molecule has 0 bridgehead atoms. The van der Waals surface area contributed by atoms with E-state index in [0.717, 1.165) is 24.1 Å². The number of piperazine rings is 1. The molecular formula is C12H16BrN3O. The maximum Gasteiger partial charge on any atom is 0.236 e. The maximum atomic E-state index is 11.4. The number of nitrogens with one attached hydrogen (secondary N) is 1. The molecule has 92 valence electrons. The molecule has 17 heavy (non-hydrogen) atoms. The molecule has 2 rings (SSSR count). The van der Waals surface area contributed by atoms with Crippen LogP contribution in [-0.4, -0.2) is 36.5 Å². The van der Waals surface area contributed by atoms with Gasteiger partial charge in [0, 0.05) is 30.7 Å². The van der Waals surface area contributed by atoms with E-state index >= 15 is 0 Å². The van der Waals surface area contributed by atoms with E-state index in [1.54, 1.807) is 0 Å². The highest BCUT2D eigenvalue weighted by atomic mass is 79.9. The number of hydrogen-bond donors (Lipinski definition) is 2. The van der Waals surface area contributed by atoms with E-state index in [0.29, 0.717) is 6.54 Å². The van der Waals surface area contributed by atoms with Gasteiger partial charge in [-0.05, 0) is 17.7 Å². The number of hydrogen-bond acceptors (Lipinski definition) is 3. The summed E-state index contributed by atoms with van der Waals surface area (Å²) in [4.78, 5) is 13.5. The Hall–Kier alpha value is -0.910. The molecule has 1 heterocycles. The Bertz CT molecular complexity index is 410. The Balaban J connectivity index is 2.08. The van der Waals surface area contributed by atoms with Crippen molar-refractivity contribution in [2.45, 2.75) is 12.6 Å². The molecule has 1 saturated heterocycles. The molecule has 1 aromatic rings. The minimum atomic E-state index is -0.257. The number of halogens is 1. The zero-order valence-electron chi connectivity index (χ0n) is 9.53. The molecule has 1 aromatic carbocycles. The van der Waals surface area contributed by atoms with Crippen molar-refractivity contribution in [2.75, 3.05) is 19.6 Å². The molecule has 0 spiro atoms. The summed E-state index contributed by atoms with van der Waals surface area (Å²) >= 11 is 3.45. The van der Waals surface area contributed by atoms with E-state index in [-0.39, 0.29) is 11.9 Å². The smallest absolute Gasteiger partial charge is 0.236 e. The van der Waals surface area contributed by atoms with Gasteiger partial charge in [0.2, 0.25) is 5.91 Å². The van der Waals surface area contributed by atoms with Gasteiger partial charge in [-0.3, -0.25) is 9.69 Å². The van der Waals surface area contributed by atoms with Crippen molar-refractivity contribution in [1.29, 1.82) is 0 Å². The monoisotopic (exact) mass is 297 g/mol. The molecule has 0 aliphatic carbocycles. The fourth-order valence-electron chi connectivity index (χ4n) is 2.09. The summed E-state index contributed by atoms with van der Waals surface area (Å²) in [6, 6.07) is 7.92.